The molecule has 2 N–H and O–H groups in total. The van der Waals surface area contributed by atoms with E-state index in [1.807, 2.05) is 0 Å². The predicted octanol–water partition coefficient (Wildman–Crippen LogP) is -0.420. The van der Waals surface area contributed by atoms with Crippen LogP contribution in [-0.4, -0.2) is 35.8 Å². The molecule has 0 fully saturated rings. The zero-order valence-electron chi connectivity index (χ0n) is 8.67. The third-order valence-corrected chi connectivity index (χ3v) is 2.17. The van der Waals surface area contributed by atoms with Crippen molar-refractivity contribution in [1.82, 2.24) is 19.5 Å². The molecule has 2 atom stereocenters. The van der Waals surface area contributed by atoms with E-state index >= 15 is 0 Å². The van der Waals surface area contributed by atoms with Gasteiger partial charge in [-0.1, -0.05) is 0 Å². The molecule has 0 spiro atoms. The number of aromatic nitrogens is 4. The summed E-state index contributed by atoms with van der Waals surface area (Å²) in [5.41, 5.74) is 0.280. The number of rotatable bonds is 3. The standard InChI is InChI=1S/C10H9N5O2/c11-3-8(16)9(17)7-4-13-10(14-5-7)15-2-1-12-6-15/h1-2,4-6,8-9,16-17H. The summed E-state index contributed by atoms with van der Waals surface area (Å²) >= 11 is 0. The summed E-state index contributed by atoms with van der Waals surface area (Å²) in [6.07, 6.45) is 4.71. The van der Waals surface area contributed by atoms with E-state index in [0.717, 1.165) is 0 Å². The van der Waals surface area contributed by atoms with Gasteiger partial charge in [0, 0.05) is 30.4 Å². The average molecular weight is 231 g/mol. The van der Waals surface area contributed by atoms with Gasteiger partial charge in [-0.15, -0.1) is 0 Å². The second kappa shape index (κ2) is 4.69. The molecule has 0 saturated heterocycles. The molecular weight excluding hydrogens is 222 g/mol. The minimum absolute atomic E-state index is 0.280. The summed E-state index contributed by atoms with van der Waals surface area (Å²) in [5.74, 6) is 0.393. The molecular formula is C10H9N5O2. The van der Waals surface area contributed by atoms with Crippen LogP contribution < -0.4 is 0 Å². The lowest BCUT2D eigenvalue weighted by molar-refractivity contribution is 0.0523. The Morgan fingerprint density at radius 3 is 2.53 bits per heavy atom. The minimum atomic E-state index is -1.49. The maximum atomic E-state index is 9.54. The van der Waals surface area contributed by atoms with Crippen molar-refractivity contribution in [3.05, 3.63) is 36.7 Å². The maximum absolute atomic E-state index is 9.54. The Labute approximate surface area is 96.6 Å². The molecule has 0 aliphatic heterocycles. The first kappa shape index (κ1) is 11.2. The zero-order valence-corrected chi connectivity index (χ0v) is 8.67. The molecule has 0 bridgehead atoms. The molecule has 7 heteroatoms. The van der Waals surface area contributed by atoms with E-state index in [2.05, 4.69) is 15.0 Å². The fraction of sp³-hybridized carbons (Fsp3) is 0.200. The third kappa shape index (κ3) is 2.28. The van der Waals surface area contributed by atoms with Crippen LogP contribution in [0.25, 0.3) is 5.95 Å². The van der Waals surface area contributed by atoms with Crippen molar-refractivity contribution in [2.75, 3.05) is 0 Å². The van der Waals surface area contributed by atoms with Crippen LogP contribution in [0.15, 0.2) is 31.1 Å². The van der Waals surface area contributed by atoms with E-state index in [9.17, 15) is 5.11 Å². The third-order valence-electron chi connectivity index (χ3n) is 2.17. The van der Waals surface area contributed by atoms with Gasteiger partial charge < -0.3 is 10.2 Å². The van der Waals surface area contributed by atoms with Gasteiger partial charge in [0.15, 0.2) is 6.10 Å². The number of nitrogens with zero attached hydrogens (tertiary/aromatic N) is 5. The van der Waals surface area contributed by atoms with Crippen LogP contribution in [0.2, 0.25) is 0 Å². The Kier molecular flexibility index (Phi) is 3.09. The van der Waals surface area contributed by atoms with Crippen LogP contribution in [0.3, 0.4) is 0 Å². The Bertz CT molecular complexity index is 517. The smallest absolute Gasteiger partial charge is 0.234 e. The lowest BCUT2D eigenvalue weighted by atomic mass is 10.1. The average Bonchev–Trinajstić information content (AvgIpc) is 2.91. The molecule has 0 aliphatic rings. The van der Waals surface area contributed by atoms with Crippen LogP contribution in [0.5, 0.6) is 0 Å². The van der Waals surface area contributed by atoms with Gasteiger partial charge in [-0.2, -0.15) is 5.26 Å². The van der Waals surface area contributed by atoms with Gasteiger partial charge in [0.25, 0.3) is 0 Å². The van der Waals surface area contributed by atoms with E-state index in [1.54, 1.807) is 23.0 Å². The molecule has 0 saturated carbocycles. The quantitative estimate of drug-likeness (QED) is 0.694. The van der Waals surface area contributed by atoms with E-state index in [0.29, 0.717) is 5.95 Å². The monoisotopic (exact) mass is 231 g/mol. The van der Waals surface area contributed by atoms with Gasteiger partial charge in [-0.05, 0) is 0 Å². The minimum Gasteiger partial charge on any atom is -0.384 e. The number of hydrogen-bond donors (Lipinski definition) is 2. The number of imidazole rings is 1. The van der Waals surface area contributed by atoms with Gasteiger partial charge in [0.2, 0.25) is 5.95 Å². The Hall–Kier alpha value is -2.30. The second-order valence-electron chi connectivity index (χ2n) is 3.31. The van der Waals surface area contributed by atoms with Crippen molar-refractivity contribution in [2.24, 2.45) is 0 Å². The largest absolute Gasteiger partial charge is 0.384 e. The first-order chi connectivity index (χ1) is 8.22. The lowest BCUT2D eigenvalue weighted by Crippen LogP contribution is -2.16. The summed E-state index contributed by atoms with van der Waals surface area (Å²) in [5, 5.41) is 27.1. The molecule has 0 aromatic carbocycles. The molecule has 2 aromatic rings. The van der Waals surface area contributed by atoms with Gasteiger partial charge >= 0.3 is 0 Å². The molecule has 0 amide bonds. The maximum Gasteiger partial charge on any atom is 0.234 e. The molecule has 0 radical (unpaired) electrons. The highest BCUT2D eigenvalue weighted by atomic mass is 16.3. The van der Waals surface area contributed by atoms with Gasteiger partial charge in [-0.3, -0.25) is 4.57 Å². The van der Waals surface area contributed by atoms with Crippen molar-refractivity contribution < 1.29 is 10.2 Å². The Morgan fingerprint density at radius 1 is 1.29 bits per heavy atom. The van der Waals surface area contributed by atoms with Crippen molar-refractivity contribution in [3.8, 4) is 12.0 Å². The molecule has 17 heavy (non-hydrogen) atoms. The number of aliphatic hydroxyl groups is 2. The van der Waals surface area contributed by atoms with E-state index in [1.165, 1.54) is 18.7 Å². The fourth-order valence-electron chi connectivity index (χ4n) is 1.25. The highest BCUT2D eigenvalue weighted by Gasteiger charge is 2.18. The molecule has 2 aromatic heterocycles. The lowest BCUT2D eigenvalue weighted by Gasteiger charge is -2.11. The zero-order chi connectivity index (χ0) is 12.3. The molecule has 2 unspecified atom stereocenters. The van der Waals surface area contributed by atoms with Crippen LogP contribution in [0.4, 0.5) is 0 Å². The van der Waals surface area contributed by atoms with Crippen LogP contribution in [-0.2, 0) is 0 Å². The number of aliphatic hydroxyl groups excluding tert-OH is 2. The Balaban J connectivity index is 2.22. The molecule has 86 valence electrons. The molecule has 7 nitrogen and oxygen atoms in total. The summed E-state index contributed by atoms with van der Waals surface area (Å²) < 4.78 is 1.59. The highest BCUT2D eigenvalue weighted by molar-refractivity contribution is 5.18. The van der Waals surface area contributed by atoms with Gasteiger partial charge in [0.05, 0.1) is 6.07 Å². The second-order valence-corrected chi connectivity index (χ2v) is 3.31. The molecule has 2 rings (SSSR count). The summed E-state index contributed by atoms with van der Waals surface area (Å²) in [6.45, 7) is 0. The van der Waals surface area contributed by atoms with E-state index < -0.39 is 12.2 Å². The predicted molar refractivity (Wildman–Crippen MR) is 55.7 cm³/mol. The van der Waals surface area contributed by atoms with Crippen molar-refractivity contribution in [2.45, 2.75) is 12.2 Å². The highest BCUT2D eigenvalue weighted by Crippen LogP contribution is 2.14. The SMILES string of the molecule is N#CC(O)C(O)c1cnc(-n2ccnc2)nc1. The van der Waals surface area contributed by atoms with E-state index in [-0.39, 0.29) is 5.56 Å². The van der Waals surface area contributed by atoms with E-state index in [4.69, 9.17) is 10.4 Å². The van der Waals surface area contributed by atoms with Crippen LogP contribution >= 0.6 is 0 Å². The van der Waals surface area contributed by atoms with Gasteiger partial charge in [-0.25, -0.2) is 15.0 Å². The number of nitriles is 1. The van der Waals surface area contributed by atoms with Crippen LogP contribution in [0.1, 0.15) is 11.7 Å². The van der Waals surface area contributed by atoms with Gasteiger partial charge in [0.1, 0.15) is 12.4 Å². The van der Waals surface area contributed by atoms with Crippen molar-refractivity contribution >= 4 is 0 Å². The summed E-state index contributed by atoms with van der Waals surface area (Å²) in [7, 11) is 0. The number of hydrogen-bond acceptors (Lipinski definition) is 6. The van der Waals surface area contributed by atoms with Crippen molar-refractivity contribution in [1.29, 1.82) is 5.26 Å². The van der Waals surface area contributed by atoms with Crippen LogP contribution in [0, 0.1) is 11.3 Å². The molecule has 0 aliphatic carbocycles. The van der Waals surface area contributed by atoms with Crippen molar-refractivity contribution in [3.63, 3.8) is 0 Å². The summed E-state index contributed by atoms with van der Waals surface area (Å²) in [6, 6.07) is 1.54. The fourth-order valence-corrected chi connectivity index (χ4v) is 1.25. The topological polar surface area (TPSA) is 108 Å². The first-order valence-corrected chi connectivity index (χ1v) is 4.78. The normalized spacial score (nSPS) is 13.9. The summed E-state index contributed by atoms with van der Waals surface area (Å²) in [4.78, 5) is 11.8. The Morgan fingerprint density at radius 2 is 2.00 bits per heavy atom. The molecule has 2 heterocycles. The first-order valence-electron chi connectivity index (χ1n) is 4.78.